The fourth-order valence-electron chi connectivity index (χ4n) is 7.49. The lowest BCUT2D eigenvalue weighted by Crippen LogP contribution is -2.51. The molecule has 3 aliphatic heterocycles. The predicted octanol–water partition coefficient (Wildman–Crippen LogP) is 3.30. The van der Waals surface area contributed by atoms with Gasteiger partial charge in [0.05, 0.1) is 5.92 Å². The van der Waals surface area contributed by atoms with Gasteiger partial charge >= 0.3 is 11.9 Å². The monoisotopic (exact) mass is 544 g/mol. The zero-order chi connectivity index (χ0) is 26.5. The van der Waals surface area contributed by atoms with E-state index < -0.39 is 63.6 Å². The number of ether oxygens (including phenoxy) is 3. The molecule has 6 aliphatic rings. The molecule has 0 N–H and O–H groups in total. The van der Waals surface area contributed by atoms with Crippen LogP contribution in [0.5, 0.6) is 5.75 Å². The van der Waals surface area contributed by atoms with E-state index in [1.807, 2.05) is 24.3 Å². The third kappa shape index (κ3) is 3.27. The van der Waals surface area contributed by atoms with Gasteiger partial charge in [-0.2, -0.15) is 8.42 Å². The number of esters is 2. The van der Waals surface area contributed by atoms with Gasteiger partial charge in [0.2, 0.25) is 0 Å². The summed E-state index contributed by atoms with van der Waals surface area (Å²) in [7, 11) is -4.12. The highest BCUT2D eigenvalue weighted by molar-refractivity contribution is 7.87. The molecule has 4 bridgehead atoms. The number of fused-ring (bicyclic) bond motifs is 2. The van der Waals surface area contributed by atoms with E-state index in [1.54, 1.807) is 30.3 Å². The van der Waals surface area contributed by atoms with E-state index >= 15 is 0 Å². The largest absolute Gasteiger partial charge is 0.456 e. The minimum Gasteiger partial charge on any atom is -0.456 e. The smallest absolute Gasteiger partial charge is 0.318 e. The van der Waals surface area contributed by atoms with Gasteiger partial charge in [-0.3, -0.25) is 13.8 Å². The third-order valence-electron chi connectivity index (χ3n) is 8.99. The van der Waals surface area contributed by atoms with Gasteiger partial charge in [0.1, 0.15) is 35.2 Å². The van der Waals surface area contributed by atoms with Crippen molar-refractivity contribution in [3.63, 3.8) is 0 Å². The molecule has 0 radical (unpaired) electrons. The van der Waals surface area contributed by atoms with Gasteiger partial charge in [0.25, 0.3) is 10.1 Å². The summed E-state index contributed by atoms with van der Waals surface area (Å²) in [6, 6.07) is 24.8. The van der Waals surface area contributed by atoms with E-state index in [9.17, 15) is 18.0 Å². The molecule has 3 aromatic rings. The average molecular weight is 545 g/mol. The van der Waals surface area contributed by atoms with Crippen molar-refractivity contribution in [1.82, 2.24) is 0 Å². The van der Waals surface area contributed by atoms with Crippen molar-refractivity contribution in [1.29, 1.82) is 0 Å². The average Bonchev–Trinajstić information content (AvgIpc) is 3.56. The standard InChI is InChI=1S/C30H24O8S/c31-29(21-14-20-16-10-4-6-12-18(16)22(21)19-13-7-5-11-17(19)20)37-25-24-23(30(32)35-15-8-2-1-3-9-15)28-27(36-24)26(25)38-39(28,33)34/h1-13,20-28H,14H2. The normalized spacial score (nSPS) is 35.7. The molecule has 39 heavy (non-hydrogen) atoms. The Morgan fingerprint density at radius 2 is 1.36 bits per heavy atom. The Morgan fingerprint density at radius 1 is 0.744 bits per heavy atom. The quantitative estimate of drug-likeness (QED) is 0.280. The van der Waals surface area contributed by atoms with Crippen LogP contribution >= 0.6 is 0 Å². The Bertz CT molecular complexity index is 1570. The van der Waals surface area contributed by atoms with E-state index in [0.717, 1.165) is 11.1 Å². The highest BCUT2D eigenvalue weighted by atomic mass is 32.2. The summed E-state index contributed by atoms with van der Waals surface area (Å²) in [6.07, 6.45) is -3.28. The molecule has 0 amide bonds. The van der Waals surface area contributed by atoms with Crippen LogP contribution in [0.4, 0.5) is 0 Å². The van der Waals surface area contributed by atoms with Crippen LogP contribution in [0.3, 0.4) is 0 Å². The zero-order valence-electron chi connectivity index (χ0n) is 20.6. The highest BCUT2D eigenvalue weighted by Gasteiger charge is 2.74. The van der Waals surface area contributed by atoms with Crippen molar-refractivity contribution < 1.29 is 36.4 Å². The van der Waals surface area contributed by atoms with Crippen molar-refractivity contribution in [2.24, 2.45) is 11.8 Å². The first kappa shape index (κ1) is 23.4. The molecular weight excluding hydrogens is 520 g/mol. The van der Waals surface area contributed by atoms with E-state index in [4.69, 9.17) is 18.4 Å². The first-order valence-electron chi connectivity index (χ1n) is 13.1. The molecule has 7 unspecified atom stereocenters. The van der Waals surface area contributed by atoms with Crippen LogP contribution in [0, 0.1) is 11.8 Å². The molecule has 9 rings (SSSR count). The molecule has 9 heteroatoms. The van der Waals surface area contributed by atoms with Gasteiger partial charge in [-0.05, 0) is 40.8 Å². The van der Waals surface area contributed by atoms with Crippen LogP contribution < -0.4 is 4.74 Å². The van der Waals surface area contributed by atoms with Crippen LogP contribution in [0.25, 0.3) is 0 Å². The number of carbonyl (C=O) groups is 2. The Morgan fingerprint density at radius 3 is 2.03 bits per heavy atom. The molecule has 3 aromatic carbocycles. The first-order chi connectivity index (χ1) is 18.9. The number of rotatable bonds is 4. The summed E-state index contributed by atoms with van der Waals surface area (Å²) in [6.45, 7) is 0. The molecule has 3 fully saturated rings. The van der Waals surface area contributed by atoms with E-state index in [2.05, 4.69) is 24.3 Å². The van der Waals surface area contributed by atoms with Crippen LogP contribution in [-0.2, 0) is 33.4 Å². The maximum atomic E-state index is 13.8. The summed E-state index contributed by atoms with van der Waals surface area (Å²) >= 11 is 0. The second kappa shape index (κ2) is 8.24. The van der Waals surface area contributed by atoms with Gasteiger partial charge in [-0.1, -0.05) is 66.7 Å². The van der Waals surface area contributed by atoms with Crippen molar-refractivity contribution in [2.75, 3.05) is 0 Å². The molecule has 3 aliphatic carbocycles. The zero-order valence-corrected chi connectivity index (χ0v) is 21.4. The van der Waals surface area contributed by atoms with Crippen LogP contribution in [0.15, 0.2) is 78.9 Å². The maximum absolute atomic E-state index is 13.8. The number of hydrogen-bond acceptors (Lipinski definition) is 8. The van der Waals surface area contributed by atoms with Crippen molar-refractivity contribution in [3.8, 4) is 5.75 Å². The molecule has 198 valence electrons. The van der Waals surface area contributed by atoms with Gasteiger partial charge in [0.15, 0.2) is 6.10 Å². The summed E-state index contributed by atoms with van der Waals surface area (Å²) in [5.41, 5.74) is 4.68. The topological polar surface area (TPSA) is 105 Å². The fourth-order valence-corrected chi connectivity index (χ4v) is 9.32. The highest BCUT2D eigenvalue weighted by Crippen LogP contribution is 2.57. The number of benzene rings is 3. The second-order valence-corrected chi connectivity index (χ2v) is 12.6. The van der Waals surface area contributed by atoms with Gasteiger partial charge in [-0.25, -0.2) is 0 Å². The molecule has 0 aromatic heterocycles. The fraction of sp³-hybridized carbons (Fsp3) is 0.333. The Kier molecular flexibility index (Phi) is 4.93. The SMILES string of the molecule is O=C(OC1C2OS(=O)(=O)C3C2OC1C3C(=O)Oc1ccccc1)C1CC2c3ccccc3C1c1ccccc12. The number of hydrogen-bond donors (Lipinski definition) is 0. The molecule has 0 spiro atoms. The molecule has 3 saturated heterocycles. The van der Waals surface area contributed by atoms with Gasteiger partial charge < -0.3 is 14.2 Å². The van der Waals surface area contributed by atoms with Gasteiger partial charge in [0, 0.05) is 11.8 Å². The predicted molar refractivity (Wildman–Crippen MR) is 136 cm³/mol. The van der Waals surface area contributed by atoms with E-state index in [0.29, 0.717) is 12.2 Å². The Hall–Kier alpha value is -3.53. The summed E-state index contributed by atoms with van der Waals surface area (Å²) in [4.78, 5) is 27.1. The minimum atomic E-state index is -4.12. The lowest BCUT2D eigenvalue weighted by atomic mass is 9.59. The summed E-state index contributed by atoms with van der Waals surface area (Å²) in [5, 5.41) is -1.19. The molecule has 8 nitrogen and oxygen atoms in total. The number of carbonyl (C=O) groups excluding carboxylic acids is 2. The molecule has 3 heterocycles. The lowest BCUT2D eigenvalue weighted by molar-refractivity contribution is -0.165. The second-order valence-electron chi connectivity index (χ2n) is 10.9. The van der Waals surface area contributed by atoms with Crippen LogP contribution in [0.2, 0.25) is 0 Å². The van der Waals surface area contributed by atoms with Crippen LogP contribution in [0.1, 0.15) is 40.5 Å². The van der Waals surface area contributed by atoms with E-state index in [-0.39, 0.29) is 11.8 Å². The maximum Gasteiger partial charge on any atom is 0.318 e. The van der Waals surface area contributed by atoms with Crippen molar-refractivity contribution >= 4 is 22.1 Å². The summed E-state index contributed by atoms with van der Waals surface area (Å²) < 4.78 is 48.7. The lowest BCUT2D eigenvalue weighted by Gasteiger charge is -2.44. The molecule has 0 saturated carbocycles. The Labute approximate surface area is 225 Å². The minimum absolute atomic E-state index is 0.0670. The number of para-hydroxylation sites is 1. The Balaban J connectivity index is 1.10. The van der Waals surface area contributed by atoms with Gasteiger partial charge in [-0.15, -0.1) is 0 Å². The summed E-state index contributed by atoms with van der Waals surface area (Å²) in [5.74, 6) is -2.61. The molecular formula is C30H24O8S. The van der Waals surface area contributed by atoms with Crippen molar-refractivity contribution in [3.05, 3.63) is 101 Å². The van der Waals surface area contributed by atoms with E-state index in [1.165, 1.54) is 11.1 Å². The molecule has 7 atom stereocenters. The van der Waals surface area contributed by atoms with Crippen molar-refractivity contribution in [2.45, 2.75) is 47.9 Å². The first-order valence-corrected chi connectivity index (χ1v) is 14.6. The third-order valence-corrected chi connectivity index (χ3v) is 10.7. The van der Waals surface area contributed by atoms with Crippen LogP contribution in [-0.4, -0.2) is 50.0 Å².